The number of pyridine rings is 2. The van der Waals surface area contributed by atoms with Gasteiger partial charge in [-0.25, -0.2) is 0 Å². The van der Waals surface area contributed by atoms with Crippen LogP contribution in [-0.2, 0) is 22.7 Å². The highest BCUT2D eigenvalue weighted by Crippen LogP contribution is 1.92. The minimum absolute atomic E-state index is 0. The van der Waals surface area contributed by atoms with Crippen LogP contribution in [0.3, 0.4) is 0 Å². The SMILES string of the molecule is Cl.Cl.Cl.O=C(NCCNCc1ccccn1)C(=O)NCc1ccccn1. The molecule has 0 bridgehead atoms. The third-order valence-corrected chi connectivity index (χ3v) is 2.98. The summed E-state index contributed by atoms with van der Waals surface area (Å²) in [4.78, 5) is 31.5. The van der Waals surface area contributed by atoms with E-state index in [0.717, 1.165) is 5.69 Å². The van der Waals surface area contributed by atoms with Gasteiger partial charge in [-0.1, -0.05) is 12.1 Å². The summed E-state index contributed by atoms with van der Waals surface area (Å²) in [7, 11) is 0. The first-order valence-corrected chi connectivity index (χ1v) is 7.32. The molecule has 7 nitrogen and oxygen atoms in total. The van der Waals surface area contributed by atoms with Crippen molar-refractivity contribution in [3.8, 4) is 0 Å². The fraction of sp³-hybridized carbons (Fsp3) is 0.250. The second-order valence-corrected chi connectivity index (χ2v) is 4.76. The molecule has 0 aliphatic heterocycles. The van der Waals surface area contributed by atoms with E-state index in [-0.39, 0.29) is 43.8 Å². The molecule has 3 N–H and O–H groups in total. The zero-order chi connectivity index (χ0) is 16.3. The van der Waals surface area contributed by atoms with E-state index >= 15 is 0 Å². The van der Waals surface area contributed by atoms with Gasteiger partial charge in [0.25, 0.3) is 0 Å². The molecule has 0 saturated heterocycles. The predicted octanol–water partition coefficient (Wildman–Crippen LogP) is 1.26. The highest BCUT2D eigenvalue weighted by molar-refractivity contribution is 6.35. The number of carbonyl (C=O) groups is 2. The number of carbonyl (C=O) groups excluding carboxylic acids is 2. The zero-order valence-electron chi connectivity index (χ0n) is 13.9. The van der Waals surface area contributed by atoms with Crippen molar-refractivity contribution < 1.29 is 9.59 Å². The Morgan fingerprint density at radius 3 is 1.81 bits per heavy atom. The molecule has 0 radical (unpaired) electrons. The largest absolute Gasteiger partial charge is 0.347 e. The molecular formula is C16H22Cl3N5O2. The van der Waals surface area contributed by atoms with Crippen LogP contribution in [0, 0.1) is 0 Å². The monoisotopic (exact) mass is 421 g/mol. The summed E-state index contributed by atoms with van der Waals surface area (Å²) in [6, 6.07) is 11.1. The Hall–Kier alpha value is -1.93. The van der Waals surface area contributed by atoms with E-state index in [2.05, 4.69) is 25.9 Å². The molecule has 0 aromatic carbocycles. The maximum atomic E-state index is 11.6. The number of hydrogen-bond acceptors (Lipinski definition) is 5. The Kier molecular flexibility index (Phi) is 15.5. The smallest absolute Gasteiger partial charge is 0.309 e. The van der Waals surface area contributed by atoms with E-state index in [4.69, 9.17) is 0 Å². The lowest BCUT2D eigenvalue weighted by Crippen LogP contribution is -2.42. The molecule has 0 atom stereocenters. The van der Waals surface area contributed by atoms with Crippen LogP contribution >= 0.6 is 37.2 Å². The van der Waals surface area contributed by atoms with Crippen LogP contribution in [-0.4, -0.2) is 34.9 Å². The van der Waals surface area contributed by atoms with Gasteiger partial charge in [0, 0.05) is 32.0 Å². The Morgan fingerprint density at radius 2 is 1.27 bits per heavy atom. The van der Waals surface area contributed by atoms with Crippen LogP contribution in [0.2, 0.25) is 0 Å². The van der Waals surface area contributed by atoms with Crippen molar-refractivity contribution in [1.29, 1.82) is 0 Å². The lowest BCUT2D eigenvalue weighted by molar-refractivity contribution is -0.139. The number of aromatic nitrogens is 2. The molecule has 2 aromatic heterocycles. The molecule has 0 aliphatic rings. The third-order valence-electron chi connectivity index (χ3n) is 2.98. The summed E-state index contributed by atoms with van der Waals surface area (Å²) in [6.07, 6.45) is 3.36. The fourth-order valence-corrected chi connectivity index (χ4v) is 1.82. The molecule has 0 fully saturated rings. The maximum Gasteiger partial charge on any atom is 0.309 e. The summed E-state index contributed by atoms with van der Waals surface area (Å²) in [5, 5.41) is 8.21. The number of nitrogens with zero attached hydrogens (tertiary/aromatic N) is 2. The number of rotatable bonds is 7. The van der Waals surface area contributed by atoms with Crippen molar-refractivity contribution in [1.82, 2.24) is 25.9 Å². The molecule has 10 heteroatoms. The number of hydrogen-bond donors (Lipinski definition) is 3. The second-order valence-electron chi connectivity index (χ2n) is 4.76. The molecule has 2 amide bonds. The number of amides is 2. The summed E-state index contributed by atoms with van der Waals surface area (Å²) in [5.74, 6) is -1.32. The zero-order valence-corrected chi connectivity index (χ0v) is 16.3. The Labute approximate surface area is 171 Å². The highest BCUT2D eigenvalue weighted by atomic mass is 35.5. The van der Waals surface area contributed by atoms with E-state index in [1.807, 2.05) is 24.3 Å². The maximum absolute atomic E-state index is 11.6. The summed E-state index contributed by atoms with van der Waals surface area (Å²) < 4.78 is 0. The molecule has 2 heterocycles. The molecule has 2 rings (SSSR count). The van der Waals surface area contributed by atoms with E-state index < -0.39 is 11.8 Å². The summed E-state index contributed by atoms with van der Waals surface area (Å²) in [6.45, 7) is 1.76. The van der Waals surface area contributed by atoms with E-state index in [0.29, 0.717) is 25.3 Å². The third kappa shape index (κ3) is 10.1. The van der Waals surface area contributed by atoms with E-state index in [1.54, 1.807) is 24.5 Å². The van der Waals surface area contributed by atoms with Gasteiger partial charge >= 0.3 is 11.8 Å². The van der Waals surface area contributed by atoms with Gasteiger partial charge in [-0.3, -0.25) is 19.6 Å². The summed E-state index contributed by atoms with van der Waals surface area (Å²) >= 11 is 0. The fourth-order valence-electron chi connectivity index (χ4n) is 1.82. The molecule has 2 aromatic rings. The molecule has 0 aliphatic carbocycles. The Balaban J connectivity index is 0. The van der Waals surface area contributed by atoms with Crippen LogP contribution in [0.4, 0.5) is 0 Å². The first-order chi connectivity index (χ1) is 11.3. The van der Waals surface area contributed by atoms with Crippen molar-refractivity contribution in [2.75, 3.05) is 13.1 Å². The quantitative estimate of drug-likeness (QED) is 0.461. The average molecular weight is 423 g/mol. The van der Waals surface area contributed by atoms with Crippen molar-refractivity contribution in [2.45, 2.75) is 13.1 Å². The molecule has 0 unspecified atom stereocenters. The number of nitrogens with one attached hydrogen (secondary N) is 3. The van der Waals surface area contributed by atoms with Crippen molar-refractivity contribution in [2.24, 2.45) is 0 Å². The lowest BCUT2D eigenvalue weighted by Gasteiger charge is -2.07. The standard InChI is InChI=1S/C16H19N5O2.3ClH/c22-15(16(23)21-12-14-6-2-4-8-19-14)20-10-9-17-11-13-5-1-3-7-18-13;;;/h1-8,17H,9-12H2,(H,20,22)(H,21,23);3*1H. The van der Waals surface area contributed by atoms with Crippen LogP contribution in [0.5, 0.6) is 0 Å². The molecule has 26 heavy (non-hydrogen) atoms. The van der Waals surface area contributed by atoms with Gasteiger partial charge in [0.1, 0.15) is 0 Å². The molecule has 0 spiro atoms. The van der Waals surface area contributed by atoms with Crippen LogP contribution in [0.1, 0.15) is 11.4 Å². The minimum atomic E-state index is -0.666. The van der Waals surface area contributed by atoms with E-state index in [9.17, 15) is 9.59 Å². The van der Waals surface area contributed by atoms with Crippen LogP contribution in [0.15, 0.2) is 48.8 Å². The first kappa shape index (κ1) is 26.3. The first-order valence-electron chi connectivity index (χ1n) is 7.32. The molecule has 144 valence electrons. The predicted molar refractivity (Wildman–Crippen MR) is 107 cm³/mol. The minimum Gasteiger partial charge on any atom is -0.347 e. The van der Waals surface area contributed by atoms with Gasteiger partial charge in [-0.05, 0) is 24.3 Å². The Bertz CT molecular complexity index is 632. The van der Waals surface area contributed by atoms with Crippen LogP contribution in [0.25, 0.3) is 0 Å². The van der Waals surface area contributed by atoms with Crippen molar-refractivity contribution in [3.63, 3.8) is 0 Å². The Morgan fingerprint density at radius 1 is 0.731 bits per heavy atom. The highest BCUT2D eigenvalue weighted by Gasteiger charge is 2.12. The second kappa shape index (κ2) is 15.3. The van der Waals surface area contributed by atoms with Gasteiger partial charge in [-0.15, -0.1) is 37.2 Å². The topological polar surface area (TPSA) is 96.0 Å². The van der Waals surface area contributed by atoms with Gasteiger partial charge in [0.05, 0.1) is 17.9 Å². The van der Waals surface area contributed by atoms with Crippen LogP contribution < -0.4 is 16.0 Å². The van der Waals surface area contributed by atoms with Crippen molar-refractivity contribution in [3.05, 3.63) is 60.2 Å². The normalized spacial score (nSPS) is 8.92. The number of halogens is 3. The average Bonchev–Trinajstić information content (AvgIpc) is 2.61. The summed E-state index contributed by atoms with van der Waals surface area (Å²) in [5.41, 5.74) is 1.62. The van der Waals surface area contributed by atoms with E-state index in [1.165, 1.54) is 0 Å². The lowest BCUT2D eigenvalue weighted by atomic mass is 10.3. The molecular weight excluding hydrogens is 401 g/mol. The van der Waals surface area contributed by atoms with Gasteiger partial charge < -0.3 is 16.0 Å². The van der Waals surface area contributed by atoms with Gasteiger partial charge in [-0.2, -0.15) is 0 Å². The van der Waals surface area contributed by atoms with Crippen molar-refractivity contribution >= 4 is 49.0 Å². The molecule has 0 saturated carbocycles. The van der Waals surface area contributed by atoms with Gasteiger partial charge in [0.15, 0.2) is 0 Å². The van der Waals surface area contributed by atoms with Gasteiger partial charge in [0.2, 0.25) is 0 Å².